The van der Waals surface area contributed by atoms with E-state index in [1.165, 1.54) is 6.20 Å². The zero-order valence-electron chi connectivity index (χ0n) is 6.96. The van der Waals surface area contributed by atoms with Crippen LogP contribution >= 0.6 is 15.9 Å². The highest BCUT2D eigenvalue weighted by Crippen LogP contribution is 2.22. The van der Waals surface area contributed by atoms with Gasteiger partial charge >= 0.3 is 6.09 Å². The number of carbonyl (C=O) groups excluding carboxylic acids is 1. The first-order valence-electron chi connectivity index (χ1n) is 3.91. The minimum Gasteiger partial charge on any atom is -0.447 e. The summed E-state index contributed by atoms with van der Waals surface area (Å²) in [4.78, 5) is 14.3. The van der Waals surface area contributed by atoms with Gasteiger partial charge in [-0.25, -0.2) is 9.78 Å². The quantitative estimate of drug-likeness (QED) is 0.784. The predicted octanol–water partition coefficient (Wildman–Crippen LogP) is 1.76. The molecule has 0 saturated carbocycles. The average molecular weight is 261 g/mol. The number of rotatable bonds is 1. The molecule has 0 aromatic carbocycles. The number of nitrogens with one attached hydrogen (secondary N) is 1. The van der Waals surface area contributed by atoms with Crippen LogP contribution in [0.15, 0.2) is 16.7 Å². The Kier molecular flexibility index (Phi) is 2.37. The summed E-state index contributed by atoms with van der Waals surface area (Å²) in [5.74, 6) is -0.594. The van der Waals surface area contributed by atoms with Crippen LogP contribution in [0, 0.1) is 5.95 Å². The monoisotopic (exact) mass is 260 g/mol. The van der Waals surface area contributed by atoms with Crippen LogP contribution in [-0.2, 0) is 4.74 Å². The molecule has 1 unspecified atom stereocenters. The molecule has 2 rings (SSSR count). The standard InChI is InChI=1S/C8H6BrFN2O2/c9-4-1-5(7(10)11-2-4)6-3-14-8(13)12-6/h1-2,6H,3H2,(H,12,13). The molecular formula is C8H6BrFN2O2. The minimum absolute atomic E-state index is 0.133. The number of halogens is 2. The molecule has 1 aliphatic rings. The van der Waals surface area contributed by atoms with Gasteiger partial charge in [0.25, 0.3) is 0 Å². The Morgan fingerprint density at radius 2 is 2.50 bits per heavy atom. The Morgan fingerprint density at radius 3 is 3.14 bits per heavy atom. The molecule has 1 aliphatic heterocycles. The molecule has 0 spiro atoms. The lowest BCUT2D eigenvalue weighted by atomic mass is 10.1. The van der Waals surface area contributed by atoms with Gasteiger partial charge in [-0.1, -0.05) is 0 Å². The molecule has 74 valence electrons. The van der Waals surface area contributed by atoms with Gasteiger partial charge in [0.1, 0.15) is 6.61 Å². The molecule has 1 aromatic rings. The van der Waals surface area contributed by atoms with E-state index in [2.05, 4.69) is 31.0 Å². The molecule has 2 heterocycles. The van der Waals surface area contributed by atoms with Crippen LogP contribution in [0.5, 0.6) is 0 Å². The molecule has 0 aliphatic carbocycles. The lowest BCUT2D eigenvalue weighted by Crippen LogP contribution is -2.19. The van der Waals surface area contributed by atoms with Crippen LogP contribution in [-0.4, -0.2) is 17.7 Å². The summed E-state index contributed by atoms with van der Waals surface area (Å²) in [7, 11) is 0. The fraction of sp³-hybridized carbons (Fsp3) is 0.250. The van der Waals surface area contributed by atoms with E-state index in [4.69, 9.17) is 0 Å². The smallest absolute Gasteiger partial charge is 0.407 e. The van der Waals surface area contributed by atoms with Crippen molar-refractivity contribution < 1.29 is 13.9 Å². The van der Waals surface area contributed by atoms with E-state index >= 15 is 0 Å². The van der Waals surface area contributed by atoms with E-state index in [0.29, 0.717) is 10.0 Å². The summed E-state index contributed by atoms with van der Waals surface area (Å²) in [6.45, 7) is 0.133. The number of hydrogen-bond donors (Lipinski definition) is 1. The van der Waals surface area contributed by atoms with Gasteiger partial charge in [0, 0.05) is 16.2 Å². The molecule has 1 N–H and O–H groups in total. The summed E-state index contributed by atoms with van der Waals surface area (Å²) in [5.41, 5.74) is 0.324. The maximum atomic E-state index is 13.2. The molecular weight excluding hydrogens is 255 g/mol. The van der Waals surface area contributed by atoms with Crippen LogP contribution in [0.3, 0.4) is 0 Å². The normalized spacial score (nSPS) is 20.4. The number of pyridine rings is 1. The molecule has 1 fully saturated rings. The highest BCUT2D eigenvalue weighted by molar-refractivity contribution is 9.10. The van der Waals surface area contributed by atoms with E-state index in [1.807, 2.05) is 0 Å². The number of cyclic esters (lactones) is 1. The number of aromatic nitrogens is 1. The molecule has 0 bridgehead atoms. The van der Waals surface area contributed by atoms with Crippen molar-refractivity contribution in [2.24, 2.45) is 0 Å². The van der Waals surface area contributed by atoms with Gasteiger partial charge in [0.15, 0.2) is 0 Å². The van der Waals surface area contributed by atoms with Gasteiger partial charge in [-0.3, -0.25) is 0 Å². The number of amides is 1. The lowest BCUT2D eigenvalue weighted by Gasteiger charge is -2.07. The van der Waals surface area contributed by atoms with Crippen LogP contribution < -0.4 is 5.32 Å². The molecule has 1 aromatic heterocycles. The Bertz CT molecular complexity index is 386. The zero-order valence-corrected chi connectivity index (χ0v) is 8.54. The van der Waals surface area contributed by atoms with E-state index in [9.17, 15) is 9.18 Å². The number of carbonyl (C=O) groups is 1. The molecule has 4 nitrogen and oxygen atoms in total. The summed E-state index contributed by atoms with van der Waals surface area (Å²) in [6.07, 6.45) is 0.825. The van der Waals surface area contributed by atoms with Gasteiger partial charge in [-0.05, 0) is 22.0 Å². The van der Waals surface area contributed by atoms with Crippen LogP contribution in [0.25, 0.3) is 0 Å². The van der Waals surface area contributed by atoms with Crippen molar-refractivity contribution in [3.8, 4) is 0 Å². The van der Waals surface area contributed by atoms with Crippen LogP contribution in [0.2, 0.25) is 0 Å². The van der Waals surface area contributed by atoms with E-state index in [1.54, 1.807) is 6.07 Å². The first-order chi connectivity index (χ1) is 6.66. The fourth-order valence-electron chi connectivity index (χ4n) is 1.23. The molecule has 14 heavy (non-hydrogen) atoms. The summed E-state index contributed by atoms with van der Waals surface area (Å²) in [6, 6.07) is 1.12. The molecule has 0 radical (unpaired) electrons. The topological polar surface area (TPSA) is 51.2 Å². The van der Waals surface area contributed by atoms with Crippen molar-refractivity contribution in [2.45, 2.75) is 6.04 Å². The number of nitrogens with zero attached hydrogens (tertiary/aromatic N) is 1. The number of ether oxygens (including phenoxy) is 1. The number of hydrogen-bond acceptors (Lipinski definition) is 3. The van der Waals surface area contributed by atoms with E-state index in [0.717, 1.165) is 0 Å². The largest absolute Gasteiger partial charge is 0.447 e. The second kappa shape index (κ2) is 3.53. The van der Waals surface area contributed by atoms with E-state index in [-0.39, 0.29) is 6.61 Å². The van der Waals surface area contributed by atoms with E-state index < -0.39 is 18.1 Å². The summed E-state index contributed by atoms with van der Waals surface area (Å²) < 4.78 is 18.5. The van der Waals surface area contributed by atoms with Crippen molar-refractivity contribution in [3.05, 3.63) is 28.2 Å². The maximum absolute atomic E-state index is 13.2. The third kappa shape index (κ3) is 1.70. The van der Waals surface area contributed by atoms with Gasteiger partial charge in [0.05, 0.1) is 6.04 Å². The van der Waals surface area contributed by atoms with Gasteiger partial charge in [-0.15, -0.1) is 0 Å². The lowest BCUT2D eigenvalue weighted by molar-refractivity contribution is 0.176. The molecule has 1 amide bonds. The SMILES string of the molecule is O=C1NC(c2cc(Br)cnc2F)CO1. The summed E-state index contributed by atoms with van der Waals surface area (Å²) >= 11 is 3.18. The van der Waals surface area contributed by atoms with Crippen molar-refractivity contribution in [1.29, 1.82) is 0 Å². The average Bonchev–Trinajstić information content (AvgIpc) is 2.56. The van der Waals surface area contributed by atoms with Gasteiger partial charge in [0.2, 0.25) is 5.95 Å². The first kappa shape index (κ1) is 9.39. The van der Waals surface area contributed by atoms with Crippen molar-refractivity contribution in [3.63, 3.8) is 0 Å². The third-order valence-corrected chi connectivity index (χ3v) is 2.32. The maximum Gasteiger partial charge on any atom is 0.407 e. The second-order valence-electron chi connectivity index (χ2n) is 2.83. The summed E-state index contributed by atoms with van der Waals surface area (Å²) in [5, 5.41) is 2.48. The Balaban J connectivity index is 2.31. The van der Waals surface area contributed by atoms with Gasteiger partial charge in [-0.2, -0.15) is 4.39 Å². The molecule has 1 saturated heterocycles. The van der Waals surface area contributed by atoms with Crippen LogP contribution in [0.4, 0.5) is 9.18 Å². The minimum atomic E-state index is -0.594. The van der Waals surface area contributed by atoms with Gasteiger partial charge < -0.3 is 10.1 Å². The Labute approximate surface area is 87.6 Å². The fourth-order valence-corrected chi connectivity index (χ4v) is 1.58. The third-order valence-electron chi connectivity index (χ3n) is 1.88. The Hall–Kier alpha value is -1.17. The second-order valence-corrected chi connectivity index (χ2v) is 3.74. The van der Waals surface area contributed by atoms with Crippen molar-refractivity contribution >= 4 is 22.0 Å². The van der Waals surface area contributed by atoms with Crippen LogP contribution in [0.1, 0.15) is 11.6 Å². The Morgan fingerprint density at radius 1 is 1.71 bits per heavy atom. The molecule has 6 heteroatoms. The zero-order chi connectivity index (χ0) is 10.1. The predicted molar refractivity (Wildman–Crippen MR) is 49.1 cm³/mol. The van der Waals surface area contributed by atoms with Crippen molar-refractivity contribution in [1.82, 2.24) is 10.3 Å². The molecule has 1 atom stereocenters. The van der Waals surface area contributed by atoms with Crippen molar-refractivity contribution in [2.75, 3.05) is 6.61 Å². The highest BCUT2D eigenvalue weighted by Gasteiger charge is 2.26. The highest BCUT2D eigenvalue weighted by atomic mass is 79.9. The first-order valence-corrected chi connectivity index (χ1v) is 4.70. The number of alkyl carbamates (subject to hydrolysis) is 1.